The van der Waals surface area contributed by atoms with Crippen molar-refractivity contribution < 1.29 is 13.5 Å². The van der Waals surface area contributed by atoms with Crippen molar-refractivity contribution in [2.45, 2.75) is 32.1 Å². The lowest BCUT2D eigenvalue weighted by molar-refractivity contribution is 0.164. The lowest BCUT2D eigenvalue weighted by atomic mass is 9.86. The monoisotopic (exact) mass is 262 g/mol. The molecule has 17 heavy (non-hydrogen) atoms. The lowest BCUT2D eigenvalue weighted by Crippen LogP contribution is -2.48. The standard InChI is InChI=1S/C11H22N2O3S/c14-9-11-5-2-6-13(8-11)17(15,16)12-7-10-3-1-4-10/h10-12,14H,1-9H2. The maximum atomic E-state index is 12.0. The first-order valence-corrected chi connectivity index (χ1v) is 7.91. The van der Waals surface area contributed by atoms with Crippen molar-refractivity contribution in [2.24, 2.45) is 11.8 Å². The van der Waals surface area contributed by atoms with Crippen LogP contribution in [0.3, 0.4) is 0 Å². The van der Waals surface area contributed by atoms with E-state index in [-0.39, 0.29) is 12.5 Å². The van der Waals surface area contributed by atoms with Crippen LogP contribution in [-0.4, -0.2) is 44.1 Å². The zero-order valence-electron chi connectivity index (χ0n) is 10.1. The Hall–Kier alpha value is -0.170. The molecule has 0 aromatic rings. The van der Waals surface area contributed by atoms with E-state index >= 15 is 0 Å². The smallest absolute Gasteiger partial charge is 0.279 e. The number of aliphatic hydroxyl groups is 1. The number of hydrogen-bond donors (Lipinski definition) is 2. The van der Waals surface area contributed by atoms with Gasteiger partial charge in [0.15, 0.2) is 0 Å². The van der Waals surface area contributed by atoms with Crippen LogP contribution in [0.15, 0.2) is 0 Å². The third-order valence-electron chi connectivity index (χ3n) is 3.86. The van der Waals surface area contributed by atoms with Crippen molar-refractivity contribution in [1.29, 1.82) is 0 Å². The molecule has 100 valence electrons. The summed E-state index contributed by atoms with van der Waals surface area (Å²) in [7, 11) is -3.33. The van der Waals surface area contributed by atoms with Gasteiger partial charge >= 0.3 is 0 Å². The number of nitrogens with zero attached hydrogens (tertiary/aromatic N) is 1. The van der Waals surface area contributed by atoms with Crippen LogP contribution in [0.5, 0.6) is 0 Å². The van der Waals surface area contributed by atoms with Gasteiger partial charge in [-0.2, -0.15) is 12.7 Å². The van der Waals surface area contributed by atoms with Crippen LogP contribution in [0, 0.1) is 11.8 Å². The van der Waals surface area contributed by atoms with Crippen molar-refractivity contribution in [3.05, 3.63) is 0 Å². The van der Waals surface area contributed by atoms with Crippen LogP contribution in [0.4, 0.5) is 0 Å². The van der Waals surface area contributed by atoms with Gasteiger partial charge in [0.1, 0.15) is 0 Å². The highest BCUT2D eigenvalue weighted by molar-refractivity contribution is 7.87. The van der Waals surface area contributed by atoms with E-state index in [0.717, 1.165) is 25.7 Å². The minimum absolute atomic E-state index is 0.0780. The molecule has 1 unspecified atom stereocenters. The summed E-state index contributed by atoms with van der Waals surface area (Å²) in [6, 6.07) is 0. The molecule has 2 N–H and O–H groups in total. The third-order valence-corrected chi connectivity index (χ3v) is 5.40. The van der Waals surface area contributed by atoms with Crippen LogP contribution in [-0.2, 0) is 10.2 Å². The van der Waals surface area contributed by atoms with Gasteiger partial charge in [-0.05, 0) is 37.5 Å². The van der Waals surface area contributed by atoms with E-state index < -0.39 is 10.2 Å². The molecule has 0 radical (unpaired) electrons. The molecule has 0 aromatic heterocycles. The van der Waals surface area contributed by atoms with Crippen LogP contribution >= 0.6 is 0 Å². The number of piperidine rings is 1. The Labute approximate surface area is 103 Å². The van der Waals surface area contributed by atoms with Gasteiger partial charge in [-0.15, -0.1) is 0 Å². The van der Waals surface area contributed by atoms with E-state index in [9.17, 15) is 8.42 Å². The van der Waals surface area contributed by atoms with Gasteiger partial charge in [0.25, 0.3) is 10.2 Å². The molecular formula is C11H22N2O3S. The van der Waals surface area contributed by atoms with Crippen LogP contribution in [0.1, 0.15) is 32.1 Å². The topological polar surface area (TPSA) is 69.6 Å². The maximum Gasteiger partial charge on any atom is 0.279 e. The molecule has 0 spiro atoms. The Morgan fingerprint density at radius 2 is 1.88 bits per heavy atom. The first-order chi connectivity index (χ1) is 8.12. The number of nitrogens with one attached hydrogen (secondary N) is 1. The normalized spacial score (nSPS) is 27.9. The zero-order chi connectivity index (χ0) is 12.3. The first kappa shape index (κ1) is 13.3. The van der Waals surface area contributed by atoms with E-state index in [1.165, 1.54) is 10.7 Å². The van der Waals surface area contributed by atoms with Gasteiger partial charge in [-0.3, -0.25) is 0 Å². The fraction of sp³-hybridized carbons (Fsp3) is 1.00. The maximum absolute atomic E-state index is 12.0. The highest BCUT2D eigenvalue weighted by Gasteiger charge is 2.29. The molecule has 6 heteroatoms. The molecule has 0 amide bonds. The summed E-state index contributed by atoms with van der Waals surface area (Å²) in [4.78, 5) is 0. The summed E-state index contributed by atoms with van der Waals surface area (Å²) < 4.78 is 28.2. The second-order valence-corrected chi connectivity index (χ2v) is 6.95. The Morgan fingerprint density at radius 1 is 1.18 bits per heavy atom. The average molecular weight is 262 g/mol. The summed E-state index contributed by atoms with van der Waals surface area (Å²) in [5.74, 6) is 0.632. The molecule has 2 aliphatic rings. The van der Waals surface area contributed by atoms with E-state index in [1.54, 1.807) is 0 Å². The van der Waals surface area contributed by atoms with Crippen LogP contribution < -0.4 is 4.72 Å². The Kier molecular flexibility index (Phi) is 4.41. The predicted octanol–water partition coefficient (Wildman–Crippen LogP) is 0.325. The van der Waals surface area contributed by atoms with Crippen LogP contribution in [0.25, 0.3) is 0 Å². The average Bonchev–Trinajstić information content (AvgIpc) is 2.27. The molecule has 1 atom stereocenters. The summed E-state index contributed by atoms with van der Waals surface area (Å²) in [6.07, 6.45) is 5.27. The van der Waals surface area contributed by atoms with Crippen molar-refractivity contribution in [2.75, 3.05) is 26.2 Å². The molecule has 1 aliphatic carbocycles. The Bertz CT molecular complexity index is 341. The summed E-state index contributed by atoms with van der Waals surface area (Å²) in [5.41, 5.74) is 0. The van der Waals surface area contributed by atoms with Gasteiger partial charge in [-0.1, -0.05) is 6.42 Å². The molecule has 0 aromatic carbocycles. The van der Waals surface area contributed by atoms with Crippen molar-refractivity contribution in [1.82, 2.24) is 9.03 Å². The molecule has 2 fully saturated rings. The molecule has 1 heterocycles. The third kappa shape index (κ3) is 3.40. The number of aliphatic hydroxyl groups excluding tert-OH is 1. The molecule has 2 rings (SSSR count). The minimum Gasteiger partial charge on any atom is -0.396 e. The van der Waals surface area contributed by atoms with Gasteiger partial charge in [0.05, 0.1) is 0 Å². The highest BCUT2D eigenvalue weighted by Crippen LogP contribution is 2.26. The van der Waals surface area contributed by atoms with E-state index in [4.69, 9.17) is 5.11 Å². The minimum atomic E-state index is -3.33. The fourth-order valence-electron chi connectivity index (χ4n) is 2.41. The molecule has 5 nitrogen and oxygen atoms in total. The molecule has 0 bridgehead atoms. The van der Waals surface area contributed by atoms with E-state index in [1.807, 2.05) is 0 Å². The Balaban J connectivity index is 1.85. The molecular weight excluding hydrogens is 240 g/mol. The van der Waals surface area contributed by atoms with E-state index in [0.29, 0.717) is 25.6 Å². The quantitative estimate of drug-likeness (QED) is 0.750. The molecule has 1 aliphatic heterocycles. The summed E-state index contributed by atoms with van der Waals surface area (Å²) in [6.45, 7) is 1.68. The lowest BCUT2D eigenvalue weighted by Gasteiger charge is -2.32. The summed E-state index contributed by atoms with van der Waals surface area (Å²) >= 11 is 0. The number of rotatable bonds is 5. The summed E-state index contributed by atoms with van der Waals surface area (Å²) in [5, 5.41) is 9.10. The van der Waals surface area contributed by atoms with Crippen molar-refractivity contribution >= 4 is 10.2 Å². The van der Waals surface area contributed by atoms with Gasteiger partial charge in [-0.25, -0.2) is 4.72 Å². The SMILES string of the molecule is O=S(=O)(NCC1CCC1)N1CCCC(CO)C1. The van der Waals surface area contributed by atoms with Gasteiger partial charge < -0.3 is 5.11 Å². The second-order valence-electron chi connectivity index (χ2n) is 5.20. The molecule has 1 saturated heterocycles. The highest BCUT2D eigenvalue weighted by atomic mass is 32.2. The van der Waals surface area contributed by atoms with Gasteiger partial charge in [0, 0.05) is 26.2 Å². The van der Waals surface area contributed by atoms with Crippen molar-refractivity contribution in [3.8, 4) is 0 Å². The Morgan fingerprint density at radius 3 is 2.47 bits per heavy atom. The fourth-order valence-corrected chi connectivity index (χ4v) is 3.81. The predicted molar refractivity (Wildman–Crippen MR) is 65.6 cm³/mol. The van der Waals surface area contributed by atoms with E-state index in [2.05, 4.69) is 4.72 Å². The van der Waals surface area contributed by atoms with Crippen LogP contribution in [0.2, 0.25) is 0 Å². The largest absolute Gasteiger partial charge is 0.396 e. The first-order valence-electron chi connectivity index (χ1n) is 6.47. The second kappa shape index (κ2) is 5.65. The molecule has 1 saturated carbocycles. The number of hydrogen-bond acceptors (Lipinski definition) is 3. The van der Waals surface area contributed by atoms with Gasteiger partial charge in [0.2, 0.25) is 0 Å². The van der Waals surface area contributed by atoms with Crippen molar-refractivity contribution in [3.63, 3.8) is 0 Å². The zero-order valence-corrected chi connectivity index (χ0v) is 11.0.